The van der Waals surface area contributed by atoms with Gasteiger partial charge in [-0.1, -0.05) is 0 Å². The highest BCUT2D eigenvalue weighted by Gasteiger charge is 2.16. The van der Waals surface area contributed by atoms with Crippen LogP contribution in [-0.2, 0) is 9.53 Å². The summed E-state index contributed by atoms with van der Waals surface area (Å²) in [7, 11) is 1.93. The predicted molar refractivity (Wildman–Crippen MR) is 83.5 cm³/mol. The van der Waals surface area contributed by atoms with Crippen LogP contribution in [0.25, 0.3) is 0 Å². The molecular weight excluding hydrogens is 272 g/mol. The van der Waals surface area contributed by atoms with Crippen LogP contribution in [-0.4, -0.2) is 45.0 Å². The Kier molecular flexibility index (Phi) is 5.73. The zero-order chi connectivity index (χ0) is 14.4. The minimum Gasteiger partial charge on any atom is -0.376 e. The van der Waals surface area contributed by atoms with E-state index in [4.69, 9.17) is 4.74 Å². The number of anilines is 1. The van der Waals surface area contributed by atoms with Crippen LogP contribution in [0.4, 0.5) is 5.69 Å². The van der Waals surface area contributed by atoms with Gasteiger partial charge in [-0.25, -0.2) is 0 Å². The molecule has 0 aliphatic carbocycles. The van der Waals surface area contributed by atoms with Crippen LogP contribution in [0.5, 0.6) is 0 Å². The van der Waals surface area contributed by atoms with Crippen molar-refractivity contribution in [2.75, 3.05) is 37.9 Å². The number of hydrogen-bond acceptors (Lipinski definition) is 4. The molecule has 1 fully saturated rings. The van der Waals surface area contributed by atoms with E-state index in [0.29, 0.717) is 13.1 Å². The Balaban J connectivity index is 1.77. The van der Waals surface area contributed by atoms with Gasteiger partial charge in [0.15, 0.2) is 0 Å². The Morgan fingerprint density at radius 2 is 2.20 bits per heavy atom. The molecule has 1 aromatic rings. The van der Waals surface area contributed by atoms with Crippen molar-refractivity contribution in [3.63, 3.8) is 0 Å². The number of nitrogens with zero attached hydrogens (tertiary/aromatic N) is 1. The van der Waals surface area contributed by atoms with Crippen molar-refractivity contribution >= 4 is 23.4 Å². The maximum atomic E-state index is 11.9. The molecule has 20 heavy (non-hydrogen) atoms. The monoisotopic (exact) mass is 294 g/mol. The Morgan fingerprint density at radius 3 is 2.80 bits per heavy atom. The molecule has 0 aromatic heterocycles. The lowest BCUT2D eigenvalue weighted by molar-refractivity contribution is -0.120. The van der Waals surface area contributed by atoms with Gasteiger partial charge in [0.05, 0.1) is 12.6 Å². The number of benzene rings is 1. The molecule has 1 heterocycles. The summed E-state index contributed by atoms with van der Waals surface area (Å²) in [5, 5.41) is 2.94. The third kappa shape index (κ3) is 4.42. The second kappa shape index (κ2) is 7.55. The molecule has 5 heteroatoms. The molecule has 1 atom stereocenters. The van der Waals surface area contributed by atoms with Crippen molar-refractivity contribution in [1.29, 1.82) is 0 Å². The average molecular weight is 294 g/mol. The first kappa shape index (κ1) is 15.2. The van der Waals surface area contributed by atoms with Gasteiger partial charge in [-0.15, -0.1) is 11.8 Å². The third-order valence-electron chi connectivity index (χ3n) is 3.44. The number of carbonyl (C=O) groups is 1. The van der Waals surface area contributed by atoms with Crippen LogP contribution in [0.2, 0.25) is 0 Å². The SMILES string of the molecule is CSc1ccc(N(C)CC(=O)NCC2CCCO2)cc1. The average Bonchev–Trinajstić information content (AvgIpc) is 2.98. The molecule has 1 amide bonds. The summed E-state index contributed by atoms with van der Waals surface area (Å²) < 4.78 is 5.49. The van der Waals surface area contributed by atoms with Gasteiger partial charge < -0.3 is 15.0 Å². The van der Waals surface area contributed by atoms with E-state index in [1.165, 1.54) is 4.90 Å². The Morgan fingerprint density at radius 1 is 1.45 bits per heavy atom. The summed E-state index contributed by atoms with van der Waals surface area (Å²) >= 11 is 1.71. The lowest BCUT2D eigenvalue weighted by Gasteiger charge is -2.19. The van der Waals surface area contributed by atoms with Crippen LogP contribution < -0.4 is 10.2 Å². The van der Waals surface area contributed by atoms with E-state index in [1.54, 1.807) is 11.8 Å². The topological polar surface area (TPSA) is 41.6 Å². The first-order valence-corrected chi connectivity index (χ1v) is 8.15. The van der Waals surface area contributed by atoms with Crippen molar-refractivity contribution < 1.29 is 9.53 Å². The molecule has 1 saturated heterocycles. The molecule has 1 aliphatic rings. The molecule has 0 spiro atoms. The molecule has 1 N–H and O–H groups in total. The van der Waals surface area contributed by atoms with Gasteiger partial charge in [-0.3, -0.25) is 4.79 Å². The largest absolute Gasteiger partial charge is 0.376 e. The van der Waals surface area contributed by atoms with Gasteiger partial charge in [0.1, 0.15) is 0 Å². The second-order valence-electron chi connectivity index (χ2n) is 4.99. The normalized spacial score (nSPS) is 18.0. The maximum Gasteiger partial charge on any atom is 0.239 e. The highest BCUT2D eigenvalue weighted by Crippen LogP contribution is 2.19. The van der Waals surface area contributed by atoms with Crippen molar-refractivity contribution in [3.05, 3.63) is 24.3 Å². The molecule has 0 saturated carbocycles. The standard InChI is InChI=1S/C15H22N2O2S/c1-17(12-5-7-14(20-2)8-6-12)11-15(18)16-10-13-4-3-9-19-13/h5-8,13H,3-4,9-11H2,1-2H3,(H,16,18). The number of carbonyl (C=O) groups excluding carboxylic acids is 1. The molecule has 0 radical (unpaired) electrons. The fourth-order valence-electron chi connectivity index (χ4n) is 2.23. The third-order valence-corrected chi connectivity index (χ3v) is 4.19. The van der Waals surface area contributed by atoms with Gasteiger partial charge in [0.25, 0.3) is 0 Å². The first-order valence-electron chi connectivity index (χ1n) is 6.92. The Hall–Kier alpha value is -1.20. The van der Waals surface area contributed by atoms with Crippen LogP contribution in [0, 0.1) is 0 Å². The number of ether oxygens (including phenoxy) is 1. The van der Waals surface area contributed by atoms with Crippen LogP contribution in [0.3, 0.4) is 0 Å². The highest BCUT2D eigenvalue weighted by molar-refractivity contribution is 7.98. The molecule has 110 valence electrons. The fraction of sp³-hybridized carbons (Fsp3) is 0.533. The summed E-state index contributed by atoms with van der Waals surface area (Å²) in [6.07, 6.45) is 4.40. The fourth-order valence-corrected chi connectivity index (χ4v) is 2.64. The van der Waals surface area contributed by atoms with E-state index in [2.05, 4.69) is 23.7 Å². The van der Waals surface area contributed by atoms with Crippen molar-refractivity contribution in [1.82, 2.24) is 5.32 Å². The summed E-state index contributed by atoms with van der Waals surface area (Å²) in [5.74, 6) is 0.0388. The lowest BCUT2D eigenvalue weighted by atomic mass is 10.2. The smallest absolute Gasteiger partial charge is 0.239 e. The summed E-state index contributed by atoms with van der Waals surface area (Å²) in [4.78, 5) is 15.1. The quantitative estimate of drug-likeness (QED) is 0.816. The number of likely N-dealkylation sites (N-methyl/N-ethyl adjacent to an activating group) is 1. The first-order chi connectivity index (χ1) is 9.69. The van der Waals surface area contributed by atoms with E-state index >= 15 is 0 Å². The van der Waals surface area contributed by atoms with E-state index < -0.39 is 0 Å². The summed E-state index contributed by atoms with van der Waals surface area (Å²) in [6, 6.07) is 8.22. The van der Waals surface area contributed by atoms with Crippen molar-refractivity contribution in [2.45, 2.75) is 23.8 Å². The van der Waals surface area contributed by atoms with Gasteiger partial charge in [-0.05, 0) is 43.4 Å². The van der Waals surface area contributed by atoms with E-state index in [-0.39, 0.29) is 12.0 Å². The number of thioether (sulfide) groups is 1. The van der Waals surface area contributed by atoms with Crippen molar-refractivity contribution in [2.24, 2.45) is 0 Å². The predicted octanol–water partition coefficient (Wildman–Crippen LogP) is 2.14. The number of rotatable bonds is 6. The Labute approximate surface area is 124 Å². The second-order valence-corrected chi connectivity index (χ2v) is 5.87. The molecule has 1 aromatic carbocycles. The number of hydrogen-bond donors (Lipinski definition) is 1. The maximum absolute atomic E-state index is 11.9. The van der Waals surface area contributed by atoms with E-state index in [0.717, 1.165) is 25.1 Å². The lowest BCUT2D eigenvalue weighted by Crippen LogP contribution is -2.38. The summed E-state index contributed by atoms with van der Waals surface area (Å²) in [5.41, 5.74) is 1.05. The van der Waals surface area contributed by atoms with E-state index in [1.807, 2.05) is 24.1 Å². The number of amides is 1. The van der Waals surface area contributed by atoms with Gasteiger partial charge in [-0.2, -0.15) is 0 Å². The van der Waals surface area contributed by atoms with Crippen LogP contribution in [0.1, 0.15) is 12.8 Å². The van der Waals surface area contributed by atoms with E-state index in [9.17, 15) is 4.79 Å². The van der Waals surface area contributed by atoms with Crippen molar-refractivity contribution in [3.8, 4) is 0 Å². The van der Waals surface area contributed by atoms with Crippen LogP contribution >= 0.6 is 11.8 Å². The highest BCUT2D eigenvalue weighted by atomic mass is 32.2. The van der Waals surface area contributed by atoms with Gasteiger partial charge >= 0.3 is 0 Å². The molecule has 1 aliphatic heterocycles. The Bertz CT molecular complexity index is 430. The number of nitrogens with one attached hydrogen (secondary N) is 1. The zero-order valence-corrected chi connectivity index (χ0v) is 12.9. The zero-order valence-electron chi connectivity index (χ0n) is 12.1. The minimum absolute atomic E-state index is 0.0388. The molecule has 2 rings (SSSR count). The molecule has 1 unspecified atom stereocenters. The minimum atomic E-state index is 0.0388. The summed E-state index contributed by atoms with van der Waals surface area (Å²) in [6.45, 7) is 1.81. The van der Waals surface area contributed by atoms with Gasteiger partial charge in [0.2, 0.25) is 5.91 Å². The van der Waals surface area contributed by atoms with Crippen LogP contribution in [0.15, 0.2) is 29.2 Å². The molecule has 0 bridgehead atoms. The van der Waals surface area contributed by atoms with Gasteiger partial charge in [0, 0.05) is 30.8 Å². The molecule has 4 nitrogen and oxygen atoms in total. The molecular formula is C15H22N2O2S.